The van der Waals surface area contributed by atoms with Gasteiger partial charge in [-0.2, -0.15) is 0 Å². The predicted molar refractivity (Wildman–Crippen MR) is 135 cm³/mol. The van der Waals surface area contributed by atoms with Gasteiger partial charge in [0.25, 0.3) is 0 Å². The maximum absolute atomic E-state index is 12.6. The van der Waals surface area contributed by atoms with E-state index < -0.39 is 18.2 Å². The quantitative estimate of drug-likeness (QED) is 0.331. The van der Waals surface area contributed by atoms with Crippen molar-refractivity contribution in [2.75, 3.05) is 18.5 Å². The number of carbonyl (C=O) groups excluding carboxylic acids is 1. The van der Waals surface area contributed by atoms with Crippen LogP contribution in [0, 0.1) is 0 Å². The monoisotopic (exact) mass is 500 g/mol. The number of nitrogens with zero attached hydrogens (tertiary/aromatic N) is 1. The van der Waals surface area contributed by atoms with Gasteiger partial charge in [-0.05, 0) is 35.7 Å². The van der Waals surface area contributed by atoms with Crippen LogP contribution in [-0.2, 0) is 16.0 Å². The Morgan fingerprint density at radius 1 is 0.973 bits per heavy atom. The number of carbonyl (C=O) groups is 2. The Morgan fingerprint density at radius 2 is 1.65 bits per heavy atom. The molecule has 1 aliphatic rings. The van der Waals surface area contributed by atoms with Gasteiger partial charge >= 0.3 is 12.1 Å². The van der Waals surface area contributed by atoms with Crippen LogP contribution in [0.25, 0.3) is 22.5 Å². The first-order valence-electron chi connectivity index (χ1n) is 11.7. The highest BCUT2D eigenvalue weighted by Gasteiger charge is 2.26. The van der Waals surface area contributed by atoms with Crippen LogP contribution in [0.15, 0.2) is 77.4 Å². The molecule has 0 fully saturated rings. The minimum atomic E-state index is -0.888. The van der Waals surface area contributed by atoms with Crippen LogP contribution in [0.2, 0.25) is 0 Å². The molecule has 9 heteroatoms. The fourth-order valence-electron chi connectivity index (χ4n) is 4.13. The molecule has 0 radical (unpaired) electrons. The van der Waals surface area contributed by atoms with E-state index in [0.29, 0.717) is 47.3 Å². The number of ether oxygens (including phenoxy) is 3. The number of hydrogen-bond donors (Lipinski definition) is 2. The van der Waals surface area contributed by atoms with E-state index in [9.17, 15) is 9.59 Å². The molecule has 1 unspecified atom stereocenters. The molecule has 0 bridgehead atoms. The third-order valence-corrected chi connectivity index (χ3v) is 5.91. The molecule has 1 atom stereocenters. The molecule has 1 aliphatic heterocycles. The highest BCUT2D eigenvalue weighted by molar-refractivity contribution is 5.92. The molecule has 4 aromatic rings. The second kappa shape index (κ2) is 10.4. The lowest BCUT2D eigenvalue weighted by Gasteiger charge is -2.23. The summed E-state index contributed by atoms with van der Waals surface area (Å²) in [5, 5.41) is 15.6. The van der Waals surface area contributed by atoms with Gasteiger partial charge in [0.05, 0.1) is 18.2 Å². The highest BCUT2D eigenvalue weighted by atomic mass is 16.6. The van der Waals surface area contributed by atoms with Gasteiger partial charge in [-0.15, -0.1) is 0 Å². The van der Waals surface area contributed by atoms with Crippen LogP contribution in [-0.4, -0.2) is 35.5 Å². The summed E-state index contributed by atoms with van der Waals surface area (Å²) in [7, 11) is 0. The van der Waals surface area contributed by atoms with Crippen LogP contribution in [0.1, 0.15) is 24.2 Å². The van der Waals surface area contributed by atoms with Gasteiger partial charge in [0.15, 0.2) is 17.3 Å². The van der Waals surface area contributed by atoms with Gasteiger partial charge in [0, 0.05) is 5.56 Å². The van der Waals surface area contributed by atoms with E-state index in [0.717, 1.165) is 16.7 Å². The van der Waals surface area contributed by atoms with E-state index in [2.05, 4.69) is 10.5 Å². The maximum atomic E-state index is 12.6. The average molecular weight is 501 g/mol. The largest absolute Gasteiger partial charge is 0.485 e. The molecule has 37 heavy (non-hydrogen) atoms. The van der Waals surface area contributed by atoms with Crippen LogP contribution in [0.4, 0.5) is 10.5 Å². The van der Waals surface area contributed by atoms with Crippen molar-refractivity contribution in [1.29, 1.82) is 0 Å². The highest BCUT2D eigenvalue weighted by Crippen LogP contribution is 2.47. The van der Waals surface area contributed by atoms with Crippen molar-refractivity contribution < 1.29 is 33.4 Å². The first-order valence-corrected chi connectivity index (χ1v) is 11.7. The number of nitrogens with one attached hydrogen (secondary N) is 1. The van der Waals surface area contributed by atoms with Crippen LogP contribution in [0.5, 0.6) is 11.5 Å². The molecule has 5 rings (SSSR count). The fraction of sp³-hybridized carbons (Fsp3) is 0.179. The number of fused-ring (bicyclic) bond motifs is 1. The smallest absolute Gasteiger partial charge is 0.412 e. The van der Waals surface area contributed by atoms with Crippen molar-refractivity contribution in [3.63, 3.8) is 0 Å². The third kappa shape index (κ3) is 5.25. The summed E-state index contributed by atoms with van der Waals surface area (Å²) in [5.41, 5.74) is 4.08. The Hall–Kier alpha value is -4.79. The molecule has 1 amide bonds. The molecule has 2 heterocycles. The van der Waals surface area contributed by atoms with Gasteiger partial charge in [-0.3, -0.25) is 10.1 Å². The summed E-state index contributed by atoms with van der Waals surface area (Å²) in [6.45, 7) is 2.50. The zero-order chi connectivity index (χ0) is 25.8. The van der Waals surface area contributed by atoms with E-state index in [1.165, 1.54) is 6.20 Å². The molecule has 1 aromatic heterocycles. The molecule has 3 aromatic carbocycles. The van der Waals surface area contributed by atoms with E-state index >= 15 is 0 Å². The number of benzene rings is 3. The third-order valence-electron chi connectivity index (χ3n) is 5.91. The summed E-state index contributed by atoms with van der Waals surface area (Å²) in [4.78, 5) is 23.6. The number of aliphatic carboxylic acids is 1. The molecule has 188 valence electrons. The van der Waals surface area contributed by atoms with Crippen molar-refractivity contribution >= 4 is 17.7 Å². The maximum Gasteiger partial charge on any atom is 0.412 e. The summed E-state index contributed by atoms with van der Waals surface area (Å²) in [6.07, 6.45) is 0.250. The molecule has 0 saturated carbocycles. The minimum Gasteiger partial charge on any atom is -0.485 e. The van der Waals surface area contributed by atoms with Crippen molar-refractivity contribution in [2.45, 2.75) is 19.4 Å². The molecular weight excluding hydrogens is 476 g/mol. The van der Waals surface area contributed by atoms with Crippen molar-refractivity contribution in [1.82, 2.24) is 5.16 Å². The van der Waals surface area contributed by atoms with Crippen LogP contribution >= 0.6 is 0 Å². The number of anilines is 1. The Morgan fingerprint density at radius 3 is 2.35 bits per heavy atom. The van der Waals surface area contributed by atoms with Gasteiger partial charge in [0.2, 0.25) is 0 Å². The summed E-state index contributed by atoms with van der Waals surface area (Å²) in [6, 6.07) is 20.3. The van der Waals surface area contributed by atoms with E-state index in [1.807, 2.05) is 48.5 Å². The molecule has 0 saturated heterocycles. The van der Waals surface area contributed by atoms with Gasteiger partial charge < -0.3 is 23.8 Å². The number of amides is 1. The summed E-state index contributed by atoms with van der Waals surface area (Å²) in [5.74, 6) is 0.400. The Labute approximate surface area is 212 Å². The minimum absolute atomic E-state index is 0.0508. The van der Waals surface area contributed by atoms with Crippen molar-refractivity contribution in [3.8, 4) is 33.9 Å². The van der Waals surface area contributed by atoms with E-state index in [4.69, 9.17) is 23.8 Å². The molecular formula is C28H24N2O7. The topological polar surface area (TPSA) is 120 Å². The number of carboxylic acids is 1. The summed E-state index contributed by atoms with van der Waals surface area (Å²) < 4.78 is 22.9. The SMILES string of the molecule is CC(OC(=O)Nc1cnoc1-c1ccc(-c2ccc(CC(=O)O)cc2)c2c1OCCO2)c1ccccc1. The molecule has 9 nitrogen and oxygen atoms in total. The van der Waals surface area contributed by atoms with Crippen LogP contribution in [0.3, 0.4) is 0 Å². The number of carboxylic acid groups (broad SMARTS) is 1. The Bertz CT molecular complexity index is 1410. The van der Waals surface area contributed by atoms with Crippen molar-refractivity contribution in [2.24, 2.45) is 0 Å². The lowest BCUT2D eigenvalue weighted by Crippen LogP contribution is -2.17. The van der Waals surface area contributed by atoms with Crippen LogP contribution < -0.4 is 14.8 Å². The standard InChI is InChI=1S/C28H24N2O7/c1-17(19-5-3-2-4-6-19)36-28(33)30-23-16-29-37-25(23)22-12-11-21(26-27(22)35-14-13-34-26)20-9-7-18(8-10-20)15-24(31)32/h2-12,16-17H,13-15H2,1H3,(H,30,33)(H,31,32). The zero-order valence-electron chi connectivity index (χ0n) is 20.0. The molecule has 0 aliphatic carbocycles. The van der Waals surface area contributed by atoms with E-state index in [-0.39, 0.29) is 6.42 Å². The second-order valence-electron chi connectivity index (χ2n) is 8.44. The lowest BCUT2D eigenvalue weighted by molar-refractivity contribution is -0.136. The number of rotatable bonds is 7. The average Bonchev–Trinajstić information content (AvgIpc) is 3.36. The number of hydrogen-bond acceptors (Lipinski definition) is 7. The lowest BCUT2D eigenvalue weighted by atomic mass is 9.98. The van der Waals surface area contributed by atoms with Gasteiger partial charge in [-0.1, -0.05) is 59.8 Å². The van der Waals surface area contributed by atoms with Gasteiger partial charge in [0.1, 0.15) is 25.0 Å². The van der Waals surface area contributed by atoms with E-state index in [1.54, 1.807) is 25.1 Å². The normalized spacial score (nSPS) is 13.0. The Balaban J connectivity index is 1.41. The number of aromatic nitrogens is 1. The predicted octanol–water partition coefficient (Wildman–Crippen LogP) is 5.72. The Kier molecular flexibility index (Phi) is 6.76. The molecule has 0 spiro atoms. The molecule has 2 N–H and O–H groups in total. The second-order valence-corrected chi connectivity index (χ2v) is 8.44. The first-order chi connectivity index (χ1) is 18.0. The van der Waals surface area contributed by atoms with Crippen molar-refractivity contribution in [3.05, 3.63) is 84.1 Å². The summed E-state index contributed by atoms with van der Waals surface area (Å²) >= 11 is 0. The zero-order valence-corrected chi connectivity index (χ0v) is 20.0. The van der Waals surface area contributed by atoms with Gasteiger partial charge in [-0.25, -0.2) is 4.79 Å². The first kappa shape index (κ1) is 23.9. The fourth-order valence-corrected chi connectivity index (χ4v) is 4.13.